The van der Waals surface area contributed by atoms with E-state index in [4.69, 9.17) is 37.0 Å². The molecule has 0 aliphatic heterocycles. The summed E-state index contributed by atoms with van der Waals surface area (Å²) >= 11 is 0. The number of hydrogen-bond donors (Lipinski definition) is 3. The zero-order chi connectivity index (χ0) is 66.6. The Morgan fingerprint density at radius 1 is 0.322 bits per heavy atom. The summed E-state index contributed by atoms with van der Waals surface area (Å²) in [7, 11) is -9.90. The minimum Gasteiger partial charge on any atom is -0.462 e. The van der Waals surface area contributed by atoms with Crippen LogP contribution >= 0.6 is 15.6 Å². The van der Waals surface area contributed by atoms with Crippen molar-refractivity contribution in [2.75, 3.05) is 39.6 Å². The summed E-state index contributed by atoms with van der Waals surface area (Å²) in [5.74, 6) is 0.141. The monoisotopic (exact) mass is 1320 g/mol. The van der Waals surface area contributed by atoms with Crippen molar-refractivity contribution in [2.45, 2.75) is 375 Å². The van der Waals surface area contributed by atoms with Gasteiger partial charge in [0.25, 0.3) is 0 Å². The van der Waals surface area contributed by atoms with Gasteiger partial charge in [0.15, 0.2) is 12.2 Å². The average molecular weight is 1330 g/mol. The number of phosphoric ester groups is 2. The van der Waals surface area contributed by atoms with E-state index in [1.807, 2.05) is 0 Å². The highest BCUT2D eigenvalue weighted by atomic mass is 31.2. The van der Waals surface area contributed by atoms with Crippen molar-refractivity contribution in [3.63, 3.8) is 0 Å². The molecule has 0 saturated heterocycles. The molecule has 0 aromatic rings. The van der Waals surface area contributed by atoms with E-state index in [1.165, 1.54) is 167 Å². The lowest BCUT2D eigenvalue weighted by Gasteiger charge is -2.21. The number of phosphoric acid groups is 2. The molecule has 0 amide bonds. The summed E-state index contributed by atoms with van der Waals surface area (Å²) in [6.07, 6.45) is 45.7. The van der Waals surface area contributed by atoms with E-state index in [1.54, 1.807) is 0 Å². The summed E-state index contributed by atoms with van der Waals surface area (Å²) in [5, 5.41) is 10.6. The van der Waals surface area contributed by atoms with E-state index in [2.05, 4.69) is 48.5 Å². The molecule has 0 rings (SSSR count). The number of unbranched alkanes of at least 4 members (excludes halogenated alkanes) is 36. The molecule has 0 aliphatic carbocycles. The molecule has 0 heterocycles. The van der Waals surface area contributed by atoms with Gasteiger partial charge in [-0.2, -0.15) is 0 Å². The van der Waals surface area contributed by atoms with Gasteiger partial charge in [0.2, 0.25) is 0 Å². The van der Waals surface area contributed by atoms with Crippen LogP contribution in [0, 0.1) is 17.8 Å². The van der Waals surface area contributed by atoms with E-state index in [0.29, 0.717) is 25.7 Å². The molecule has 0 aliphatic rings. The van der Waals surface area contributed by atoms with Crippen molar-refractivity contribution in [3.8, 4) is 0 Å². The highest BCUT2D eigenvalue weighted by Crippen LogP contribution is 2.45. The zero-order valence-corrected chi connectivity index (χ0v) is 60.4. The molecular weight excluding hydrogens is 1190 g/mol. The summed E-state index contributed by atoms with van der Waals surface area (Å²) in [6, 6.07) is 0. The van der Waals surface area contributed by atoms with Gasteiger partial charge in [-0.25, -0.2) is 9.13 Å². The summed E-state index contributed by atoms with van der Waals surface area (Å²) < 4.78 is 68.3. The van der Waals surface area contributed by atoms with Gasteiger partial charge in [0, 0.05) is 25.7 Å². The van der Waals surface area contributed by atoms with Gasteiger partial charge < -0.3 is 33.8 Å². The van der Waals surface area contributed by atoms with Gasteiger partial charge in [-0.1, -0.05) is 305 Å². The van der Waals surface area contributed by atoms with Crippen LogP contribution in [0.5, 0.6) is 0 Å². The fraction of sp³-hybridized carbons (Fsp3) is 0.944. The Labute approximate surface area is 549 Å². The maximum Gasteiger partial charge on any atom is 0.472 e. The summed E-state index contributed by atoms with van der Waals surface area (Å²) in [4.78, 5) is 72.6. The van der Waals surface area contributed by atoms with E-state index < -0.39 is 97.5 Å². The number of rotatable bonds is 69. The molecule has 19 heteroatoms. The first-order valence-electron chi connectivity index (χ1n) is 36.9. The van der Waals surface area contributed by atoms with Crippen LogP contribution in [0.1, 0.15) is 357 Å². The van der Waals surface area contributed by atoms with E-state index >= 15 is 0 Å². The molecule has 6 atom stereocenters. The Hall–Kier alpha value is -1.94. The Balaban J connectivity index is 5.27. The van der Waals surface area contributed by atoms with Gasteiger partial charge in [0.05, 0.1) is 26.4 Å². The zero-order valence-electron chi connectivity index (χ0n) is 58.6. The lowest BCUT2D eigenvalue weighted by atomic mass is 9.99. The van der Waals surface area contributed by atoms with Crippen LogP contribution in [0.15, 0.2) is 0 Å². The summed E-state index contributed by atoms with van der Waals surface area (Å²) in [5.41, 5.74) is 0. The number of hydrogen-bond acceptors (Lipinski definition) is 15. The van der Waals surface area contributed by atoms with E-state index in [9.17, 15) is 43.2 Å². The molecule has 0 aromatic carbocycles. The number of esters is 4. The minimum absolute atomic E-state index is 0.104. The number of aliphatic hydroxyl groups excluding tert-OH is 1. The molecule has 17 nitrogen and oxygen atoms in total. The van der Waals surface area contributed by atoms with E-state index in [-0.39, 0.29) is 25.7 Å². The molecule has 0 spiro atoms. The van der Waals surface area contributed by atoms with Crippen LogP contribution in [0.3, 0.4) is 0 Å². The number of aliphatic hydroxyl groups is 1. The maximum absolute atomic E-state index is 13.0. The van der Waals surface area contributed by atoms with Crippen molar-refractivity contribution in [3.05, 3.63) is 0 Å². The highest BCUT2D eigenvalue weighted by molar-refractivity contribution is 7.47. The molecule has 0 fully saturated rings. The fourth-order valence-corrected chi connectivity index (χ4v) is 12.3. The topological polar surface area (TPSA) is 237 Å². The first-order valence-corrected chi connectivity index (χ1v) is 39.9. The molecule has 0 bridgehead atoms. The first kappa shape index (κ1) is 88.1. The minimum atomic E-state index is -4.95. The quantitative estimate of drug-likeness (QED) is 0.0222. The Kier molecular flexibility index (Phi) is 60.6. The second-order valence-corrected chi connectivity index (χ2v) is 29.7. The lowest BCUT2D eigenvalue weighted by molar-refractivity contribution is -0.161. The molecule has 0 saturated carbocycles. The fourth-order valence-electron chi connectivity index (χ4n) is 10.7. The third-order valence-electron chi connectivity index (χ3n) is 16.7. The van der Waals surface area contributed by atoms with Gasteiger partial charge >= 0.3 is 39.5 Å². The maximum atomic E-state index is 13.0. The van der Waals surface area contributed by atoms with Crippen molar-refractivity contribution < 1.29 is 80.2 Å². The Morgan fingerprint density at radius 3 is 0.844 bits per heavy atom. The second-order valence-electron chi connectivity index (χ2n) is 26.8. The van der Waals surface area contributed by atoms with Crippen molar-refractivity contribution in [1.29, 1.82) is 0 Å². The highest BCUT2D eigenvalue weighted by Gasteiger charge is 2.30. The van der Waals surface area contributed by atoms with Crippen LogP contribution in [-0.4, -0.2) is 96.7 Å². The summed E-state index contributed by atoms with van der Waals surface area (Å²) in [6.45, 7) is 11.8. The SMILES string of the molecule is CCCCCCCCCCCCCCCC(=O)OC[C@H](COP(=O)(O)OC[C@@H](O)COP(=O)(O)OC[C@@H](COC(=O)CCCCCCCCCCC(C)C)OC(=O)CCCCCCCCCCCC(C)C)OC(=O)CCCCCCCCCCCCC(C)CC. The largest absolute Gasteiger partial charge is 0.472 e. The van der Waals surface area contributed by atoms with Crippen LogP contribution < -0.4 is 0 Å². The Bertz CT molecular complexity index is 1770. The van der Waals surface area contributed by atoms with Crippen molar-refractivity contribution in [1.82, 2.24) is 0 Å². The third-order valence-corrected chi connectivity index (χ3v) is 18.6. The van der Waals surface area contributed by atoms with Gasteiger partial charge in [-0.3, -0.25) is 37.3 Å². The van der Waals surface area contributed by atoms with E-state index in [0.717, 1.165) is 108 Å². The van der Waals surface area contributed by atoms with Crippen molar-refractivity contribution >= 4 is 39.5 Å². The molecule has 3 N–H and O–H groups in total. The van der Waals surface area contributed by atoms with Gasteiger partial charge in [-0.15, -0.1) is 0 Å². The average Bonchev–Trinajstić information content (AvgIpc) is 2.92. The van der Waals surface area contributed by atoms with Crippen LogP contribution in [-0.2, 0) is 65.4 Å². The normalized spacial score (nSPS) is 14.5. The molecule has 0 aromatic heterocycles. The second kappa shape index (κ2) is 61.9. The predicted molar refractivity (Wildman–Crippen MR) is 363 cm³/mol. The molecule has 0 radical (unpaired) electrons. The third kappa shape index (κ3) is 63.5. The van der Waals surface area contributed by atoms with Crippen LogP contribution in [0.4, 0.5) is 0 Å². The van der Waals surface area contributed by atoms with Crippen LogP contribution in [0.2, 0.25) is 0 Å². The van der Waals surface area contributed by atoms with Crippen molar-refractivity contribution in [2.24, 2.45) is 17.8 Å². The molecule has 90 heavy (non-hydrogen) atoms. The number of ether oxygens (including phenoxy) is 4. The predicted octanol–water partition coefficient (Wildman–Crippen LogP) is 20.2. The molecule has 534 valence electrons. The van der Waals surface area contributed by atoms with Gasteiger partial charge in [0.1, 0.15) is 19.3 Å². The number of carbonyl (C=O) groups excluding carboxylic acids is 4. The smallest absolute Gasteiger partial charge is 0.462 e. The van der Waals surface area contributed by atoms with Gasteiger partial charge in [-0.05, 0) is 43.4 Å². The standard InChI is InChI=1S/C71H138O17P2/c1-8-10-11-12-13-14-15-16-17-23-31-38-45-52-68(73)81-58-66(87-70(75)54-47-40-33-24-19-18-22-30-37-44-51-64(7)9-2)60-85-89(77,78)83-56-65(72)57-84-90(79,80)86-61-67(59-82-69(74)53-46-39-32-27-26-29-36-43-50-63(5)6)88-71(76)55-48-41-34-25-20-21-28-35-42-49-62(3)4/h62-67,72H,8-61H2,1-7H3,(H,77,78)(H,79,80)/t64?,65-,66-,67-/m1/s1. The van der Waals surface area contributed by atoms with Crippen LogP contribution in [0.25, 0.3) is 0 Å². The Morgan fingerprint density at radius 2 is 0.567 bits per heavy atom. The lowest BCUT2D eigenvalue weighted by Crippen LogP contribution is -2.30. The molecular formula is C71H138O17P2. The molecule has 3 unspecified atom stereocenters. The number of carbonyl (C=O) groups is 4. The first-order chi connectivity index (χ1) is 43.3.